The average Bonchev–Trinajstić information content (AvgIpc) is 2.15. The Morgan fingerprint density at radius 3 is 2.92 bits per heavy atom. The van der Waals surface area contributed by atoms with Crippen molar-refractivity contribution in [3.05, 3.63) is 30.1 Å². The van der Waals surface area contributed by atoms with Crippen LogP contribution >= 0.6 is 22.5 Å². The highest BCUT2D eigenvalue weighted by Crippen LogP contribution is 2.18. The molecule has 1 N–H and O–H groups in total. The lowest BCUT2D eigenvalue weighted by molar-refractivity contribution is -0.136. The van der Waals surface area contributed by atoms with E-state index in [2.05, 4.69) is 16.6 Å². The third kappa shape index (κ3) is 3.28. The van der Waals surface area contributed by atoms with Crippen molar-refractivity contribution >= 4 is 28.4 Å². The number of carbonyl (C=O) groups is 1. The lowest BCUT2D eigenvalue weighted by Gasteiger charge is -2.06. The summed E-state index contributed by atoms with van der Waals surface area (Å²) in [5.74, 6) is -0.856. The van der Waals surface area contributed by atoms with Gasteiger partial charge in [-0.3, -0.25) is 9.78 Å². The number of pyridine rings is 1. The van der Waals surface area contributed by atoms with E-state index in [-0.39, 0.29) is 0 Å². The second-order valence-corrected chi connectivity index (χ2v) is 3.87. The molecule has 0 fully saturated rings. The summed E-state index contributed by atoms with van der Waals surface area (Å²) in [5, 5.41) is 8.21. The van der Waals surface area contributed by atoms with Gasteiger partial charge in [0.05, 0.1) is 0 Å². The summed E-state index contributed by atoms with van der Waals surface area (Å²) in [6.45, 7) is 0. The van der Waals surface area contributed by atoms with Crippen LogP contribution in [0, 0.1) is 0 Å². The highest BCUT2D eigenvalue weighted by atomic mass is 33.1. The number of aromatic nitrogens is 1. The number of carboxylic acid groups (broad SMARTS) is 1. The molecule has 0 saturated carbocycles. The minimum Gasteiger partial charge on any atom is -0.480 e. The summed E-state index contributed by atoms with van der Waals surface area (Å²) < 4.78 is 0. The molecule has 0 amide bonds. The molecule has 13 heavy (non-hydrogen) atoms. The molecule has 0 radical (unpaired) electrons. The quantitative estimate of drug-likeness (QED) is 0.592. The monoisotopic (exact) mass is 215 g/mol. The summed E-state index contributed by atoms with van der Waals surface area (Å²) >= 11 is 3.89. The number of carboxylic acids is 1. The lowest BCUT2D eigenvalue weighted by Crippen LogP contribution is -2.18. The largest absolute Gasteiger partial charge is 0.480 e. The van der Waals surface area contributed by atoms with Gasteiger partial charge in [0.1, 0.15) is 5.25 Å². The molecule has 1 atom stereocenters. The van der Waals surface area contributed by atoms with Crippen LogP contribution in [-0.4, -0.2) is 21.3 Å². The summed E-state index contributed by atoms with van der Waals surface area (Å²) in [4.78, 5) is 14.7. The molecule has 1 aromatic rings. The van der Waals surface area contributed by atoms with E-state index in [4.69, 9.17) is 5.11 Å². The third-order valence-electron chi connectivity index (χ3n) is 1.52. The summed E-state index contributed by atoms with van der Waals surface area (Å²) in [7, 11) is 1.03. The molecule has 0 aromatic carbocycles. The van der Waals surface area contributed by atoms with Gasteiger partial charge in [-0.2, -0.15) is 0 Å². The van der Waals surface area contributed by atoms with Gasteiger partial charge in [-0.1, -0.05) is 16.9 Å². The zero-order chi connectivity index (χ0) is 9.68. The van der Waals surface area contributed by atoms with Crippen LogP contribution in [0.15, 0.2) is 24.4 Å². The van der Waals surface area contributed by atoms with Gasteiger partial charge in [-0.15, -0.1) is 11.7 Å². The van der Waals surface area contributed by atoms with Crippen LogP contribution in [-0.2, 0) is 11.2 Å². The number of aliphatic carboxylic acids is 1. The molecule has 3 nitrogen and oxygen atoms in total. The third-order valence-corrected chi connectivity index (χ3v) is 2.91. The molecular formula is C8H9NO2S2. The summed E-state index contributed by atoms with van der Waals surface area (Å²) in [6, 6.07) is 5.44. The topological polar surface area (TPSA) is 50.2 Å². The fourth-order valence-corrected chi connectivity index (χ4v) is 1.71. The summed E-state index contributed by atoms with van der Waals surface area (Å²) in [6.07, 6.45) is 2.06. The predicted molar refractivity (Wildman–Crippen MR) is 55.9 cm³/mol. The molecule has 0 saturated heterocycles. The molecule has 0 aliphatic carbocycles. The van der Waals surface area contributed by atoms with E-state index in [1.54, 1.807) is 18.3 Å². The van der Waals surface area contributed by atoms with Gasteiger partial charge in [-0.05, 0) is 12.1 Å². The Morgan fingerprint density at radius 2 is 2.46 bits per heavy atom. The van der Waals surface area contributed by atoms with Gasteiger partial charge in [-0.25, -0.2) is 0 Å². The highest BCUT2D eigenvalue weighted by molar-refractivity contribution is 8.69. The molecule has 1 heterocycles. The predicted octanol–water partition coefficient (Wildman–Crippen LogP) is 1.66. The van der Waals surface area contributed by atoms with Crippen LogP contribution in [0.5, 0.6) is 0 Å². The minimum atomic E-state index is -0.856. The Labute approximate surface area is 85.4 Å². The van der Waals surface area contributed by atoms with Gasteiger partial charge in [0.15, 0.2) is 0 Å². The van der Waals surface area contributed by atoms with E-state index >= 15 is 0 Å². The van der Waals surface area contributed by atoms with Crippen molar-refractivity contribution in [2.45, 2.75) is 11.7 Å². The van der Waals surface area contributed by atoms with Crippen molar-refractivity contribution in [1.29, 1.82) is 0 Å². The molecule has 0 aliphatic rings. The molecule has 5 heteroatoms. The van der Waals surface area contributed by atoms with Crippen LogP contribution in [0.25, 0.3) is 0 Å². The van der Waals surface area contributed by atoms with Crippen molar-refractivity contribution in [3.8, 4) is 0 Å². The first kappa shape index (κ1) is 10.4. The Morgan fingerprint density at radius 1 is 1.69 bits per heavy atom. The Balaban J connectivity index is 2.62. The van der Waals surface area contributed by atoms with E-state index in [0.717, 1.165) is 16.5 Å². The van der Waals surface area contributed by atoms with Crippen molar-refractivity contribution in [2.24, 2.45) is 0 Å². The van der Waals surface area contributed by atoms with Crippen LogP contribution < -0.4 is 0 Å². The fraction of sp³-hybridized carbons (Fsp3) is 0.250. The number of hydrogen-bond acceptors (Lipinski definition) is 4. The highest BCUT2D eigenvalue weighted by Gasteiger charge is 2.17. The van der Waals surface area contributed by atoms with E-state index in [9.17, 15) is 4.79 Å². The summed E-state index contributed by atoms with van der Waals surface area (Å²) in [5.41, 5.74) is 0.774. The van der Waals surface area contributed by atoms with Gasteiger partial charge >= 0.3 is 5.97 Å². The second-order valence-electron chi connectivity index (χ2n) is 2.46. The van der Waals surface area contributed by atoms with Gasteiger partial charge < -0.3 is 5.11 Å². The molecule has 1 aromatic heterocycles. The van der Waals surface area contributed by atoms with Gasteiger partial charge in [0.2, 0.25) is 0 Å². The molecule has 1 unspecified atom stereocenters. The maximum Gasteiger partial charge on any atom is 0.317 e. The van der Waals surface area contributed by atoms with E-state index in [0.29, 0.717) is 6.42 Å². The first-order valence-electron chi connectivity index (χ1n) is 3.67. The van der Waals surface area contributed by atoms with Crippen molar-refractivity contribution < 1.29 is 9.90 Å². The minimum absolute atomic E-state index is 0.407. The van der Waals surface area contributed by atoms with Crippen molar-refractivity contribution in [2.75, 3.05) is 0 Å². The zero-order valence-corrected chi connectivity index (χ0v) is 8.46. The van der Waals surface area contributed by atoms with Crippen molar-refractivity contribution in [3.63, 3.8) is 0 Å². The zero-order valence-electron chi connectivity index (χ0n) is 6.75. The first-order valence-corrected chi connectivity index (χ1v) is 5.60. The first-order chi connectivity index (χ1) is 6.24. The Bertz CT molecular complexity index is 279. The number of hydrogen-bond donors (Lipinski definition) is 2. The fourth-order valence-electron chi connectivity index (χ4n) is 0.878. The lowest BCUT2D eigenvalue weighted by atomic mass is 10.2. The van der Waals surface area contributed by atoms with Crippen LogP contribution in [0.3, 0.4) is 0 Å². The normalized spacial score (nSPS) is 12.4. The molecule has 70 valence electrons. The van der Waals surface area contributed by atoms with Crippen LogP contribution in [0.2, 0.25) is 0 Å². The number of nitrogens with zero attached hydrogens (tertiary/aromatic N) is 1. The maximum atomic E-state index is 10.6. The Kier molecular flexibility index (Phi) is 4.11. The van der Waals surface area contributed by atoms with E-state index in [1.165, 1.54) is 0 Å². The van der Waals surface area contributed by atoms with E-state index < -0.39 is 11.2 Å². The van der Waals surface area contributed by atoms with Gasteiger partial charge in [0, 0.05) is 18.3 Å². The van der Waals surface area contributed by atoms with E-state index in [1.807, 2.05) is 6.07 Å². The van der Waals surface area contributed by atoms with Crippen LogP contribution in [0.1, 0.15) is 5.69 Å². The molecule has 0 bridgehead atoms. The molecule has 1 rings (SSSR count). The Hall–Kier alpha value is -0.680. The smallest absolute Gasteiger partial charge is 0.317 e. The molecule has 0 aliphatic heterocycles. The number of rotatable bonds is 4. The second kappa shape index (κ2) is 5.14. The maximum absolute atomic E-state index is 10.6. The number of thiol groups is 1. The standard InChI is InChI=1S/C8H9NO2S2/c10-8(11)7(13-12)5-6-3-1-2-4-9-6/h1-4,7,12H,5H2,(H,10,11). The SMILES string of the molecule is O=C(O)C(Cc1ccccn1)SS. The molecule has 0 spiro atoms. The van der Waals surface area contributed by atoms with Gasteiger partial charge in [0.25, 0.3) is 0 Å². The average molecular weight is 215 g/mol. The van der Waals surface area contributed by atoms with Crippen LogP contribution in [0.4, 0.5) is 0 Å². The van der Waals surface area contributed by atoms with Crippen molar-refractivity contribution in [1.82, 2.24) is 4.98 Å². The molecular weight excluding hydrogens is 206 g/mol.